The molecule has 0 unspecified atom stereocenters. The lowest BCUT2D eigenvalue weighted by Gasteiger charge is -2.22. The van der Waals surface area contributed by atoms with E-state index in [4.69, 9.17) is 11.5 Å². The van der Waals surface area contributed by atoms with Crippen molar-refractivity contribution in [1.29, 1.82) is 0 Å². The summed E-state index contributed by atoms with van der Waals surface area (Å²) < 4.78 is 0. The fourth-order valence-corrected chi connectivity index (χ4v) is 1.96. The Hall–Kier alpha value is -1.10. The summed E-state index contributed by atoms with van der Waals surface area (Å²) in [6, 6.07) is 0. The van der Waals surface area contributed by atoms with Crippen LogP contribution in [0.1, 0.15) is 38.5 Å². The third kappa shape index (κ3) is 4.29. The first-order valence-electron chi connectivity index (χ1n) is 5.36. The van der Waals surface area contributed by atoms with E-state index in [1.807, 2.05) is 0 Å². The third-order valence-corrected chi connectivity index (χ3v) is 2.81. The molecule has 0 aromatic heterocycles. The second-order valence-corrected chi connectivity index (χ2v) is 4.31. The summed E-state index contributed by atoms with van der Waals surface area (Å²) in [6.45, 7) is 0.310. The summed E-state index contributed by atoms with van der Waals surface area (Å²) in [5.41, 5.74) is 10.7. The molecule has 5 heteroatoms. The van der Waals surface area contributed by atoms with Crippen molar-refractivity contribution in [2.24, 2.45) is 11.5 Å². The molecule has 15 heavy (non-hydrogen) atoms. The zero-order valence-corrected chi connectivity index (χ0v) is 8.92. The molecule has 1 rings (SSSR count). The third-order valence-electron chi connectivity index (χ3n) is 2.81. The molecule has 1 fully saturated rings. The Morgan fingerprint density at radius 1 is 1.27 bits per heavy atom. The van der Waals surface area contributed by atoms with Gasteiger partial charge in [-0.3, -0.25) is 9.59 Å². The molecule has 0 spiro atoms. The Kier molecular flexibility index (Phi) is 4.08. The van der Waals surface area contributed by atoms with Gasteiger partial charge in [0.05, 0.1) is 0 Å². The number of carbonyl (C=O) groups is 2. The lowest BCUT2D eigenvalue weighted by Crippen LogP contribution is -2.42. The van der Waals surface area contributed by atoms with E-state index in [0.29, 0.717) is 13.0 Å². The fraction of sp³-hybridized carbons (Fsp3) is 0.800. The van der Waals surface area contributed by atoms with Gasteiger partial charge in [-0.15, -0.1) is 0 Å². The van der Waals surface area contributed by atoms with Gasteiger partial charge in [-0.05, 0) is 12.8 Å². The molecule has 0 heterocycles. The van der Waals surface area contributed by atoms with Gasteiger partial charge in [0.25, 0.3) is 0 Å². The smallest absolute Gasteiger partial charge is 0.221 e. The van der Waals surface area contributed by atoms with Gasteiger partial charge < -0.3 is 16.8 Å². The Bertz CT molecular complexity index is 247. The molecule has 1 aliphatic carbocycles. The van der Waals surface area contributed by atoms with E-state index in [9.17, 15) is 9.59 Å². The molecule has 5 nitrogen and oxygen atoms in total. The number of nitrogens with two attached hydrogens (primary N) is 2. The molecule has 5 N–H and O–H groups in total. The topological polar surface area (TPSA) is 98.2 Å². The first kappa shape index (κ1) is 12.0. The van der Waals surface area contributed by atoms with Crippen LogP contribution in [0.25, 0.3) is 0 Å². The average molecular weight is 213 g/mol. The van der Waals surface area contributed by atoms with Gasteiger partial charge in [0, 0.05) is 24.9 Å². The first-order valence-corrected chi connectivity index (χ1v) is 5.36. The van der Waals surface area contributed by atoms with Crippen molar-refractivity contribution < 1.29 is 9.59 Å². The molecule has 1 aliphatic rings. The fourth-order valence-electron chi connectivity index (χ4n) is 1.96. The molecule has 0 bridgehead atoms. The Labute approximate surface area is 89.6 Å². The van der Waals surface area contributed by atoms with Crippen LogP contribution in [-0.4, -0.2) is 23.9 Å². The van der Waals surface area contributed by atoms with E-state index in [1.54, 1.807) is 0 Å². The Morgan fingerprint density at radius 3 is 2.40 bits per heavy atom. The lowest BCUT2D eigenvalue weighted by molar-refractivity contribution is -0.122. The average Bonchev–Trinajstić information content (AvgIpc) is 2.50. The Morgan fingerprint density at radius 2 is 1.87 bits per heavy atom. The molecule has 0 saturated heterocycles. The predicted molar refractivity (Wildman–Crippen MR) is 56.8 cm³/mol. The molecule has 1 saturated carbocycles. The van der Waals surface area contributed by atoms with Gasteiger partial charge in [-0.1, -0.05) is 12.8 Å². The number of hydrogen-bond acceptors (Lipinski definition) is 3. The van der Waals surface area contributed by atoms with E-state index in [-0.39, 0.29) is 17.9 Å². The predicted octanol–water partition coefficient (Wildman–Crippen LogP) is -0.360. The van der Waals surface area contributed by atoms with Crippen molar-refractivity contribution in [3.05, 3.63) is 0 Å². The minimum Gasteiger partial charge on any atom is -0.370 e. The van der Waals surface area contributed by atoms with Crippen LogP contribution < -0.4 is 16.8 Å². The van der Waals surface area contributed by atoms with Crippen LogP contribution in [0.4, 0.5) is 0 Å². The monoisotopic (exact) mass is 213 g/mol. The maximum atomic E-state index is 11.4. The zero-order chi connectivity index (χ0) is 11.3. The van der Waals surface area contributed by atoms with Crippen LogP contribution in [0.15, 0.2) is 0 Å². The van der Waals surface area contributed by atoms with Crippen molar-refractivity contribution in [2.75, 3.05) is 6.54 Å². The number of hydrogen-bond donors (Lipinski definition) is 3. The van der Waals surface area contributed by atoms with E-state index in [0.717, 1.165) is 25.7 Å². The highest BCUT2D eigenvalue weighted by molar-refractivity contribution is 5.78. The number of nitrogens with one attached hydrogen (secondary N) is 1. The lowest BCUT2D eigenvalue weighted by atomic mass is 9.94. The first-order chi connectivity index (χ1) is 7.02. The van der Waals surface area contributed by atoms with Crippen molar-refractivity contribution in [2.45, 2.75) is 44.1 Å². The minimum absolute atomic E-state index is 0.0827. The standard InChI is InChI=1S/C10H19N3O2/c11-8(14)3-6-13-9(15)7-10(12)4-1-2-5-10/h1-7,12H2,(H2,11,14)(H,13,15). The molecule has 2 amide bonds. The van der Waals surface area contributed by atoms with Crippen LogP contribution in [0.3, 0.4) is 0 Å². The maximum absolute atomic E-state index is 11.4. The molecule has 0 atom stereocenters. The quantitative estimate of drug-likeness (QED) is 0.581. The molecule has 0 aliphatic heterocycles. The molecule has 0 aromatic rings. The van der Waals surface area contributed by atoms with Crippen LogP contribution in [0.5, 0.6) is 0 Å². The zero-order valence-electron chi connectivity index (χ0n) is 8.92. The van der Waals surface area contributed by atoms with Crippen LogP contribution >= 0.6 is 0 Å². The van der Waals surface area contributed by atoms with Crippen LogP contribution in [0, 0.1) is 0 Å². The van der Waals surface area contributed by atoms with Crippen LogP contribution in [0.2, 0.25) is 0 Å². The second kappa shape index (κ2) is 5.11. The molecule has 0 aromatic carbocycles. The van der Waals surface area contributed by atoms with Gasteiger partial charge in [-0.2, -0.15) is 0 Å². The summed E-state index contributed by atoms with van der Waals surface area (Å²) in [6.07, 6.45) is 4.57. The van der Waals surface area contributed by atoms with Crippen molar-refractivity contribution in [3.8, 4) is 0 Å². The number of amides is 2. The van der Waals surface area contributed by atoms with Gasteiger partial charge in [0.1, 0.15) is 0 Å². The normalized spacial score (nSPS) is 18.7. The summed E-state index contributed by atoms with van der Waals surface area (Å²) >= 11 is 0. The molecular formula is C10H19N3O2. The molecule has 0 radical (unpaired) electrons. The molecular weight excluding hydrogens is 194 g/mol. The van der Waals surface area contributed by atoms with Crippen molar-refractivity contribution >= 4 is 11.8 Å². The van der Waals surface area contributed by atoms with E-state index >= 15 is 0 Å². The highest BCUT2D eigenvalue weighted by Crippen LogP contribution is 2.29. The SMILES string of the molecule is NC(=O)CCNC(=O)CC1(N)CCCC1. The largest absolute Gasteiger partial charge is 0.370 e. The van der Waals surface area contributed by atoms with Gasteiger partial charge in [-0.25, -0.2) is 0 Å². The number of rotatable bonds is 5. The van der Waals surface area contributed by atoms with Crippen molar-refractivity contribution in [3.63, 3.8) is 0 Å². The molecule has 86 valence electrons. The maximum Gasteiger partial charge on any atom is 0.221 e. The second-order valence-electron chi connectivity index (χ2n) is 4.31. The summed E-state index contributed by atoms with van der Waals surface area (Å²) in [4.78, 5) is 21.9. The van der Waals surface area contributed by atoms with E-state index in [2.05, 4.69) is 5.32 Å². The minimum atomic E-state index is -0.404. The highest BCUT2D eigenvalue weighted by atomic mass is 16.2. The number of carbonyl (C=O) groups excluding carboxylic acids is 2. The van der Waals surface area contributed by atoms with E-state index in [1.165, 1.54) is 0 Å². The van der Waals surface area contributed by atoms with Gasteiger partial charge in [0.15, 0.2) is 0 Å². The summed E-state index contributed by atoms with van der Waals surface area (Å²) in [7, 11) is 0. The summed E-state index contributed by atoms with van der Waals surface area (Å²) in [5.74, 6) is -0.487. The van der Waals surface area contributed by atoms with Gasteiger partial charge >= 0.3 is 0 Å². The Balaban J connectivity index is 2.20. The van der Waals surface area contributed by atoms with Gasteiger partial charge in [0.2, 0.25) is 11.8 Å². The number of primary amides is 1. The van der Waals surface area contributed by atoms with Crippen LogP contribution in [-0.2, 0) is 9.59 Å². The van der Waals surface area contributed by atoms with Crippen molar-refractivity contribution in [1.82, 2.24) is 5.32 Å². The van der Waals surface area contributed by atoms with E-state index < -0.39 is 5.91 Å². The highest BCUT2D eigenvalue weighted by Gasteiger charge is 2.31. The summed E-state index contributed by atoms with van der Waals surface area (Å²) in [5, 5.41) is 2.65.